The quantitative estimate of drug-likeness (QED) is 0.521. The summed E-state index contributed by atoms with van der Waals surface area (Å²) < 4.78 is 30.7. The minimum atomic E-state index is -4.08. The first-order valence-corrected chi connectivity index (χ1v) is 12.6. The number of ether oxygens (including phenoxy) is 1. The zero-order valence-corrected chi connectivity index (χ0v) is 20.4. The molecule has 2 rings (SSSR count). The summed E-state index contributed by atoms with van der Waals surface area (Å²) in [5.74, 6) is -1.23. The average molecular weight is 485 g/mol. The molecule has 0 bridgehead atoms. The molecular formula is C21H29ClN4O5S. The number of nitrogens with zero attached hydrogens (tertiary/aromatic N) is 2. The van der Waals surface area contributed by atoms with Gasteiger partial charge in [0.15, 0.2) is 0 Å². The molecule has 0 fully saturated rings. The Labute approximate surface area is 192 Å². The maximum Gasteiger partial charge on any atom is 0.269 e. The lowest BCUT2D eigenvalue weighted by Crippen LogP contribution is -2.30. The molecule has 0 aliphatic carbocycles. The molecule has 1 aromatic carbocycles. The smallest absolute Gasteiger partial charge is 0.269 e. The van der Waals surface area contributed by atoms with Crippen molar-refractivity contribution in [3.8, 4) is 5.75 Å². The van der Waals surface area contributed by atoms with Gasteiger partial charge in [0.1, 0.15) is 11.4 Å². The minimum absolute atomic E-state index is 0.0402. The second kappa shape index (κ2) is 9.91. The lowest BCUT2D eigenvalue weighted by molar-refractivity contribution is 0.0983. The van der Waals surface area contributed by atoms with E-state index in [9.17, 15) is 18.0 Å². The van der Waals surface area contributed by atoms with Crippen LogP contribution in [0.4, 0.5) is 5.69 Å². The molecule has 0 atom stereocenters. The summed E-state index contributed by atoms with van der Waals surface area (Å²) in [6.45, 7) is 9.74. The molecule has 0 spiro atoms. The summed E-state index contributed by atoms with van der Waals surface area (Å²) in [4.78, 5) is 25.3. The molecule has 32 heavy (non-hydrogen) atoms. The van der Waals surface area contributed by atoms with Gasteiger partial charge in [0, 0.05) is 10.7 Å². The molecule has 11 heteroatoms. The topological polar surface area (TPSA) is 133 Å². The molecule has 2 aromatic rings. The van der Waals surface area contributed by atoms with Gasteiger partial charge in [-0.25, -0.2) is 8.42 Å². The maximum atomic E-state index is 13.2. The molecule has 0 saturated heterocycles. The lowest BCUT2D eigenvalue weighted by atomic mass is 10.1. The van der Waals surface area contributed by atoms with Crippen molar-refractivity contribution in [1.82, 2.24) is 9.78 Å². The molecule has 176 valence electrons. The number of nitrogens with two attached hydrogens (primary N) is 1. The van der Waals surface area contributed by atoms with Gasteiger partial charge in [-0.1, -0.05) is 20.3 Å². The Morgan fingerprint density at radius 3 is 2.38 bits per heavy atom. The second-order valence-electron chi connectivity index (χ2n) is 8.27. The zero-order chi connectivity index (χ0) is 24.3. The third-order valence-electron chi connectivity index (χ3n) is 4.49. The van der Waals surface area contributed by atoms with Crippen molar-refractivity contribution in [1.29, 1.82) is 0 Å². The highest BCUT2D eigenvalue weighted by Crippen LogP contribution is 2.30. The van der Waals surface area contributed by atoms with Gasteiger partial charge in [-0.2, -0.15) is 5.10 Å². The highest BCUT2D eigenvalue weighted by Gasteiger charge is 2.30. The number of amides is 2. The number of anilines is 1. The SMILES string of the molecule is CCCOc1ccc(S(=O)(=O)Cl)cc1C(=O)Nc1c(CCC)nn(C(C)(C)C)c1C(N)=O. The normalized spacial score (nSPS) is 11.9. The van der Waals surface area contributed by atoms with Crippen molar-refractivity contribution in [3.05, 3.63) is 35.2 Å². The summed E-state index contributed by atoms with van der Waals surface area (Å²) in [5.41, 5.74) is 5.79. The molecule has 0 aliphatic rings. The summed E-state index contributed by atoms with van der Waals surface area (Å²) >= 11 is 0. The van der Waals surface area contributed by atoms with Gasteiger partial charge in [0.25, 0.3) is 20.9 Å². The molecule has 9 nitrogen and oxygen atoms in total. The van der Waals surface area contributed by atoms with Crippen molar-refractivity contribution in [2.24, 2.45) is 5.73 Å². The molecule has 0 unspecified atom stereocenters. The van der Waals surface area contributed by atoms with E-state index in [2.05, 4.69) is 10.4 Å². The number of nitrogens with one attached hydrogen (secondary N) is 1. The number of hydrogen-bond acceptors (Lipinski definition) is 6. The van der Waals surface area contributed by atoms with Crippen LogP contribution in [-0.2, 0) is 21.0 Å². The molecule has 3 N–H and O–H groups in total. The Hall–Kier alpha value is -2.59. The van der Waals surface area contributed by atoms with Crippen LogP contribution >= 0.6 is 10.7 Å². The number of rotatable bonds is 9. The molecule has 0 aliphatic heterocycles. The predicted molar refractivity (Wildman–Crippen MR) is 123 cm³/mol. The van der Waals surface area contributed by atoms with Crippen LogP contribution in [0.3, 0.4) is 0 Å². The van der Waals surface area contributed by atoms with E-state index in [1.807, 2.05) is 34.6 Å². The largest absolute Gasteiger partial charge is 0.493 e. The van der Waals surface area contributed by atoms with Crippen LogP contribution in [0.1, 0.15) is 74.0 Å². The van der Waals surface area contributed by atoms with Gasteiger partial charge < -0.3 is 15.8 Å². The Morgan fingerprint density at radius 2 is 1.88 bits per heavy atom. The van der Waals surface area contributed by atoms with Crippen molar-refractivity contribution in [2.75, 3.05) is 11.9 Å². The van der Waals surface area contributed by atoms with Crippen molar-refractivity contribution in [3.63, 3.8) is 0 Å². The molecule has 2 amide bonds. The van der Waals surface area contributed by atoms with Gasteiger partial charge in [0.05, 0.1) is 34.0 Å². The number of aryl methyl sites for hydroxylation is 1. The van der Waals surface area contributed by atoms with Gasteiger partial charge in [-0.15, -0.1) is 0 Å². The van der Waals surface area contributed by atoms with Crippen LogP contribution in [0.5, 0.6) is 5.75 Å². The number of carbonyl (C=O) groups is 2. The Kier molecular flexibility index (Phi) is 7.95. The fourth-order valence-electron chi connectivity index (χ4n) is 3.08. The number of hydrogen-bond donors (Lipinski definition) is 2. The van der Waals surface area contributed by atoms with E-state index in [0.717, 1.165) is 6.07 Å². The second-order valence-corrected chi connectivity index (χ2v) is 10.8. The first-order valence-electron chi connectivity index (χ1n) is 10.3. The maximum absolute atomic E-state index is 13.2. The van der Waals surface area contributed by atoms with Gasteiger partial charge >= 0.3 is 0 Å². The summed E-state index contributed by atoms with van der Waals surface area (Å²) in [6, 6.07) is 3.78. The third-order valence-corrected chi connectivity index (χ3v) is 5.84. The van der Waals surface area contributed by atoms with E-state index in [4.69, 9.17) is 21.2 Å². The Bertz CT molecular complexity index is 1120. The average Bonchev–Trinajstić information content (AvgIpc) is 3.04. The fraction of sp³-hybridized carbons (Fsp3) is 0.476. The first kappa shape index (κ1) is 25.7. The van der Waals surface area contributed by atoms with Crippen molar-refractivity contribution < 1.29 is 22.7 Å². The first-order chi connectivity index (χ1) is 14.8. The lowest BCUT2D eigenvalue weighted by Gasteiger charge is -2.21. The monoisotopic (exact) mass is 484 g/mol. The van der Waals surface area contributed by atoms with E-state index in [-0.39, 0.29) is 27.6 Å². The summed E-state index contributed by atoms with van der Waals surface area (Å²) in [6.07, 6.45) is 1.89. The third kappa shape index (κ3) is 5.80. The van der Waals surface area contributed by atoms with E-state index in [0.29, 0.717) is 31.6 Å². The minimum Gasteiger partial charge on any atom is -0.493 e. The highest BCUT2D eigenvalue weighted by molar-refractivity contribution is 8.13. The van der Waals surface area contributed by atoms with E-state index >= 15 is 0 Å². The van der Waals surface area contributed by atoms with Crippen LogP contribution in [0.15, 0.2) is 23.1 Å². The number of aromatic nitrogens is 2. The Balaban J connectivity index is 2.63. The number of primary amides is 1. The van der Waals surface area contributed by atoms with Gasteiger partial charge in [-0.05, 0) is 51.8 Å². The molecule has 0 saturated carbocycles. The number of benzene rings is 1. The number of halogens is 1. The molecular weight excluding hydrogens is 456 g/mol. The number of carbonyl (C=O) groups excluding carboxylic acids is 2. The van der Waals surface area contributed by atoms with Crippen LogP contribution in [0, 0.1) is 0 Å². The Morgan fingerprint density at radius 1 is 1.22 bits per heavy atom. The van der Waals surface area contributed by atoms with Crippen LogP contribution in [0.2, 0.25) is 0 Å². The molecule has 1 heterocycles. The van der Waals surface area contributed by atoms with E-state index in [1.54, 1.807) is 0 Å². The van der Waals surface area contributed by atoms with Crippen LogP contribution in [0.25, 0.3) is 0 Å². The summed E-state index contributed by atoms with van der Waals surface area (Å²) in [7, 11) is 1.39. The standard InChI is InChI=1S/C21H29ClN4O5S/c1-6-8-15-17(18(19(23)27)26(25-15)21(3,4)5)24-20(28)14-12-13(32(22,29)30)9-10-16(14)31-11-7-2/h9-10,12H,6-8,11H2,1-5H3,(H2,23,27)(H,24,28). The fourth-order valence-corrected chi connectivity index (χ4v) is 3.85. The highest BCUT2D eigenvalue weighted by atomic mass is 35.7. The van der Waals surface area contributed by atoms with Crippen LogP contribution < -0.4 is 15.8 Å². The van der Waals surface area contributed by atoms with Crippen LogP contribution in [-0.4, -0.2) is 36.6 Å². The van der Waals surface area contributed by atoms with E-state index < -0.39 is 26.4 Å². The van der Waals surface area contributed by atoms with Crippen molar-refractivity contribution >= 4 is 37.2 Å². The molecule has 1 aromatic heterocycles. The van der Waals surface area contributed by atoms with Crippen molar-refractivity contribution in [2.45, 2.75) is 64.3 Å². The van der Waals surface area contributed by atoms with Gasteiger partial charge in [-0.3, -0.25) is 14.3 Å². The van der Waals surface area contributed by atoms with E-state index in [1.165, 1.54) is 16.8 Å². The molecule has 0 radical (unpaired) electrons. The summed E-state index contributed by atoms with van der Waals surface area (Å²) in [5, 5.41) is 7.23. The van der Waals surface area contributed by atoms with Gasteiger partial charge in [0.2, 0.25) is 0 Å². The predicted octanol–water partition coefficient (Wildman–Crippen LogP) is 3.66. The zero-order valence-electron chi connectivity index (χ0n) is 18.9.